The van der Waals surface area contributed by atoms with E-state index in [1.807, 2.05) is 18.2 Å². The van der Waals surface area contributed by atoms with Gasteiger partial charge in [-0.15, -0.1) is 0 Å². The van der Waals surface area contributed by atoms with Gasteiger partial charge in [0.25, 0.3) is 0 Å². The number of aromatic nitrogens is 5. The van der Waals surface area contributed by atoms with Crippen molar-refractivity contribution in [3.63, 3.8) is 0 Å². The maximum absolute atomic E-state index is 14.7. The number of halogens is 2. The number of anilines is 1. The lowest BCUT2D eigenvalue weighted by molar-refractivity contribution is 0.505. The smallest absolute Gasteiger partial charge is 0.182 e. The molecule has 5 rings (SSSR count). The minimum absolute atomic E-state index is 0.0184. The van der Waals surface area contributed by atoms with Crippen molar-refractivity contribution in [3.8, 4) is 28.2 Å². The standard InChI is InChI=1S/C22H14F2N6/c23-16-4-1-5-19(20(16)24)30-18-6-8-27-12-17(18)29-22(30)15-9-14(11-28-21(15)25)13-3-2-7-26-10-13/h1-12H,(H2,25,28). The Bertz CT molecular complexity index is 1380. The van der Waals surface area contributed by atoms with Crippen molar-refractivity contribution in [1.29, 1.82) is 0 Å². The summed E-state index contributed by atoms with van der Waals surface area (Å²) in [5.41, 5.74) is 9.36. The maximum Gasteiger partial charge on any atom is 0.182 e. The molecule has 0 radical (unpaired) electrons. The van der Waals surface area contributed by atoms with Gasteiger partial charge in [0.05, 0.1) is 23.0 Å². The van der Waals surface area contributed by atoms with Crippen LogP contribution >= 0.6 is 0 Å². The summed E-state index contributed by atoms with van der Waals surface area (Å²) >= 11 is 0. The first-order valence-corrected chi connectivity index (χ1v) is 9.06. The Labute approximate surface area is 169 Å². The van der Waals surface area contributed by atoms with Gasteiger partial charge in [-0.25, -0.2) is 18.7 Å². The molecule has 4 aromatic heterocycles. The van der Waals surface area contributed by atoms with E-state index in [1.165, 1.54) is 16.7 Å². The molecule has 0 amide bonds. The van der Waals surface area contributed by atoms with E-state index in [1.54, 1.807) is 37.1 Å². The molecule has 0 spiro atoms. The summed E-state index contributed by atoms with van der Waals surface area (Å²) in [6.07, 6.45) is 8.13. The minimum Gasteiger partial charge on any atom is -0.383 e. The van der Waals surface area contributed by atoms with Crippen LogP contribution in [0.5, 0.6) is 0 Å². The van der Waals surface area contributed by atoms with Gasteiger partial charge in [0, 0.05) is 35.9 Å². The van der Waals surface area contributed by atoms with Crippen LogP contribution in [-0.2, 0) is 0 Å². The van der Waals surface area contributed by atoms with Crippen LogP contribution in [0.2, 0.25) is 0 Å². The Morgan fingerprint density at radius 3 is 2.57 bits per heavy atom. The van der Waals surface area contributed by atoms with Gasteiger partial charge in [-0.05, 0) is 30.3 Å². The summed E-state index contributed by atoms with van der Waals surface area (Å²) in [4.78, 5) is 17.1. The number of imidazole rings is 1. The fraction of sp³-hybridized carbons (Fsp3) is 0. The SMILES string of the molecule is Nc1ncc(-c2cccnc2)cc1-c1nc2cnccc2n1-c1cccc(F)c1F. The van der Waals surface area contributed by atoms with Crippen LogP contribution in [0.25, 0.3) is 39.2 Å². The molecule has 0 fully saturated rings. The number of rotatable bonds is 3. The number of fused-ring (bicyclic) bond motifs is 1. The zero-order valence-electron chi connectivity index (χ0n) is 15.5. The Morgan fingerprint density at radius 2 is 1.73 bits per heavy atom. The van der Waals surface area contributed by atoms with Crippen molar-refractivity contribution >= 4 is 16.9 Å². The molecule has 0 aliphatic rings. The lowest BCUT2D eigenvalue weighted by Crippen LogP contribution is -2.04. The van der Waals surface area contributed by atoms with E-state index in [0.717, 1.165) is 17.2 Å². The van der Waals surface area contributed by atoms with Crippen molar-refractivity contribution in [2.24, 2.45) is 0 Å². The van der Waals surface area contributed by atoms with Crippen LogP contribution in [0.1, 0.15) is 0 Å². The summed E-state index contributed by atoms with van der Waals surface area (Å²) in [5, 5.41) is 0. The van der Waals surface area contributed by atoms with E-state index in [2.05, 4.69) is 19.9 Å². The maximum atomic E-state index is 14.7. The van der Waals surface area contributed by atoms with Gasteiger partial charge in [0.15, 0.2) is 11.6 Å². The van der Waals surface area contributed by atoms with E-state index in [0.29, 0.717) is 22.4 Å². The molecule has 0 atom stereocenters. The van der Waals surface area contributed by atoms with Crippen molar-refractivity contribution < 1.29 is 8.78 Å². The molecule has 146 valence electrons. The number of pyridine rings is 3. The Hall–Kier alpha value is -4.20. The van der Waals surface area contributed by atoms with E-state index in [9.17, 15) is 8.78 Å². The quantitative estimate of drug-likeness (QED) is 0.485. The van der Waals surface area contributed by atoms with Crippen molar-refractivity contribution in [2.75, 3.05) is 5.73 Å². The number of hydrogen-bond acceptors (Lipinski definition) is 5. The lowest BCUT2D eigenvalue weighted by atomic mass is 10.1. The van der Waals surface area contributed by atoms with Crippen LogP contribution < -0.4 is 5.73 Å². The van der Waals surface area contributed by atoms with Crippen LogP contribution in [-0.4, -0.2) is 24.5 Å². The van der Waals surface area contributed by atoms with E-state index in [4.69, 9.17) is 5.73 Å². The fourth-order valence-electron chi connectivity index (χ4n) is 3.37. The molecule has 0 saturated carbocycles. The average Bonchev–Trinajstić information content (AvgIpc) is 3.16. The number of benzene rings is 1. The molecule has 8 heteroatoms. The fourth-order valence-corrected chi connectivity index (χ4v) is 3.37. The van der Waals surface area contributed by atoms with Gasteiger partial charge in [-0.1, -0.05) is 12.1 Å². The highest BCUT2D eigenvalue weighted by Crippen LogP contribution is 2.34. The third-order valence-electron chi connectivity index (χ3n) is 4.78. The Kier molecular flexibility index (Phi) is 4.17. The monoisotopic (exact) mass is 400 g/mol. The molecule has 4 heterocycles. The predicted molar refractivity (Wildman–Crippen MR) is 110 cm³/mol. The second-order valence-electron chi connectivity index (χ2n) is 6.61. The van der Waals surface area contributed by atoms with Crippen LogP contribution in [0.3, 0.4) is 0 Å². The zero-order valence-corrected chi connectivity index (χ0v) is 15.5. The molecule has 5 aromatic rings. The van der Waals surface area contributed by atoms with Gasteiger partial charge in [-0.2, -0.15) is 0 Å². The number of nitrogen functional groups attached to an aromatic ring is 1. The molecule has 30 heavy (non-hydrogen) atoms. The van der Waals surface area contributed by atoms with E-state index >= 15 is 0 Å². The predicted octanol–water partition coefficient (Wildman–Crippen LogP) is 4.40. The second-order valence-corrected chi connectivity index (χ2v) is 6.61. The first kappa shape index (κ1) is 17.9. The Balaban J connectivity index is 1.82. The summed E-state index contributed by atoms with van der Waals surface area (Å²) in [7, 11) is 0. The third kappa shape index (κ3) is 2.86. The van der Waals surface area contributed by atoms with Gasteiger partial charge in [0.2, 0.25) is 0 Å². The minimum atomic E-state index is -0.982. The number of nitrogens with two attached hydrogens (primary N) is 1. The van der Waals surface area contributed by atoms with E-state index < -0.39 is 11.6 Å². The molecule has 0 aliphatic heterocycles. The van der Waals surface area contributed by atoms with Crippen molar-refractivity contribution in [1.82, 2.24) is 24.5 Å². The summed E-state index contributed by atoms with van der Waals surface area (Å²) in [6, 6.07) is 11.2. The average molecular weight is 400 g/mol. The zero-order chi connectivity index (χ0) is 20.7. The van der Waals surface area contributed by atoms with Gasteiger partial charge in [0.1, 0.15) is 17.2 Å². The highest BCUT2D eigenvalue weighted by atomic mass is 19.2. The van der Waals surface area contributed by atoms with Gasteiger partial charge < -0.3 is 5.73 Å². The number of nitrogens with zero attached hydrogens (tertiary/aromatic N) is 5. The van der Waals surface area contributed by atoms with Gasteiger partial charge in [-0.3, -0.25) is 14.5 Å². The largest absolute Gasteiger partial charge is 0.383 e. The molecule has 0 saturated heterocycles. The van der Waals surface area contributed by atoms with E-state index in [-0.39, 0.29) is 11.5 Å². The van der Waals surface area contributed by atoms with Crippen molar-refractivity contribution in [3.05, 3.63) is 85.1 Å². The second kappa shape index (κ2) is 7.00. The molecule has 0 unspecified atom stereocenters. The van der Waals surface area contributed by atoms with Gasteiger partial charge >= 0.3 is 0 Å². The van der Waals surface area contributed by atoms with Crippen LogP contribution in [0.15, 0.2) is 73.4 Å². The molecule has 0 aliphatic carbocycles. The highest BCUT2D eigenvalue weighted by molar-refractivity contribution is 5.86. The Morgan fingerprint density at radius 1 is 0.867 bits per heavy atom. The third-order valence-corrected chi connectivity index (χ3v) is 4.78. The molecule has 0 bridgehead atoms. The summed E-state index contributed by atoms with van der Waals surface area (Å²) in [6.45, 7) is 0. The summed E-state index contributed by atoms with van der Waals surface area (Å²) < 4.78 is 30.3. The topological polar surface area (TPSA) is 82.5 Å². The normalized spacial score (nSPS) is 11.1. The number of hydrogen-bond donors (Lipinski definition) is 1. The molecule has 6 nitrogen and oxygen atoms in total. The van der Waals surface area contributed by atoms with Crippen LogP contribution in [0, 0.1) is 11.6 Å². The lowest BCUT2D eigenvalue weighted by Gasteiger charge is -2.13. The van der Waals surface area contributed by atoms with Crippen LogP contribution in [0.4, 0.5) is 14.6 Å². The molecule has 2 N–H and O–H groups in total. The molecular formula is C22H14F2N6. The summed E-state index contributed by atoms with van der Waals surface area (Å²) in [5.74, 6) is -1.39. The molecule has 1 aromatic carbocycles. The highest BCUT2D eigenvalue weighted by Gasteiger charge is 2.21. The first-order valence-electron chi connectivity index (χ1n) is 9.06. The molecular weight excluding hydrogens is 386 g/mol. The van der Waals surface area contributed by atoms with Crippen molar-refractivity contribution in [2.45, 2.75) is 0 Å². The first-order chi connectivity index (χ1) is 14.6.